The smallest absolute Gasteiger partial charge is 0.122 e. The zero-order chi connectivity index (χ0) is 15.1. The summed E-state index contributed by atoms with van der Waals surface area (Å²) in [5.74, 6) is 3.56. The lowest BCUT2D eigenvalue weighted by Gasteiger charge is -2.39. The fourth-order valence-corrected chi connectivity index (χ4v) is 2.83. The third-order valence-electron chi connectivity index (χ3n) is 5.03. The molecule has 1 aliphatic carbocycles. The summed E-state index contributed by atoms with van der Waals surface area (Å²) in [4.78, 5) is 2.35. The molecule has 1 fully saturated rings. The van der Waals surface area contributed by atoms with Crippen LogP contribution in [0, 0.1) is 11.3 Å². The second-order valence-corrected chi connectivity index (χ2v) is 7.52. The van der Waals surface area contributed by atoms with E-state index in [1.54, 1.807) is 0 Å². The minimum Gasteiger partial charge on any atom is -0.464 e. The van der Waals surface area contributed by atoms with Crippen LogP contribution in [0.1, 0.15) is 64.5 Å². The van der Waals surface area contributed by atoms with E-state index in [0.717, 1.165) is 17.4 Å². The number of hydrogen-bond donors (Lipinski definition) is 1. The third kappa shape index (κ3) is 3.09. The molecule has 1 heterocycles. The quantitative estimate of drug-likeness (QED) is 0.891. The van der Waals surface area contributed by atoms with Crippen molar-refractivity contribution in [1.82, 2.24) is 4.90 Å². The molecule has 20 heavy (non-hydrogen) atoms. The number of nitrogens with zero attached hydrogens (tertiary/aromatic N) is 1. The Labute approximate surface area is 123 Å². The minimum atomic E-state index is 0.159. The SMILES string of the molecule is CC1CC1c1ccc(C(CN)N(C)C(C)C(C)(C)C)o1. The van der Waals surface area contributed by atoms with Crippen LogP contribution in [0.25, 0.3) is 0 Å². The summed E-state index contributed by atoms with van der Waals surface area (Å²) in [6, 6.07) is 4.85. The number of likely N-dealkylation sites (N-methyl/N-ethyl adjacent to an activating group) is 1. The summed E-state index contributed by atoms with van der Waals surface area (Å²) >= 11 is 0. The van der Waals surface area contributed by atoms with Gasteiger partial charge >= 0.3 is 0 Å². The van der Waals surface area contributed by atoms with E-state index >= 15 is 0 Å². The molecular weight excluding hydrogens is 248 g/mol. The molecule has 4 atom stereocenters. The van der Waals surface area contributed by atoms with Gasteiger partial charge in [0.25, 0.3) is 0 Å². The van der Waals surface area contributed by atoms with Gasteiger partial charge in [-0.25, -0.2) is 0 Å². The average molecular weight is 278 g/mol. The molecule has 1 saturated carbocycles. The number of nitrogens with two attached hydrogens (primary N) is 1. The van der Waals surface area contributed by atoms with Gasteiger partial charge in [-0.2, -0.15) is 0 Å². The highest BCUT2D eigenvalue weighted by Gasteiger charge is 2.37. The highest BCUT2D eigenvalue weighted by Crippen LogP contribution is 2.47. The molecule has 4 unspecified atom stereocenters. The molecule has 0 aromatic carbocycles. The third-order valence-corrected chi connectivity index (χ3v) is 5.03. The van der Waals surface area contributed by atoms with Crippen LogP contribution in [0.15, 0.2) is 16.5 Å². The van der Waals surface area contributed by atoms with E-state index < -0.39 is 0 Å². The Morgan fingerprint density at radius 3 is 2.45 bits per heavy atom. The van der Waals surface area contributed by atoms with E-state index in [2.05, 4.69) is 58.7 Å². The Balaban J connectivity index is 2.13. The van der Waals surface area contributed by atoms with Crippen molar-refractivity contribution in [2.45, 2.75) is 59.0 Å². The van der Waals surface area contributed by atoms with E-state index in [9.17, 15) is 0 Å². The van der Waals surface area contributed by atoms with Crippen LogP contribution >= 0.6 is 0 Å². The van der Waals surface area contributed by atoms with Gasteiger partial charge in [0.05, 0.1) is 6.04 Å². The van der Waals surface area contributed by atoms with E-state index in [0.29, 0.717) is 18.5 Å². The Morgan fingerprint density at radius 1 is 1.40 bits per heavy atom. The molecule has 2 N–H and O–H groups in total. The lowest BCUT2D eigenvalue weighted by molar-refractivity contribution is 0.0892. The van der Waals surface area contributed by atoms with Crippen LogP contribution in [0.2, 0.25) is 0 Å². The van der Waals surface area contributed by atoms with Gasteiger partial charge in [-0.05, 0) is 43.9 Å². The summed E-state index contributed by atoms with van der Waals surface area (Å²) in [6.07, 6.45) is 1.26. The Hall–Kier alpha value is -0.800. The molecule has 1 aliphatic rings. The minimum absolute atomic E-state index is 0.159. The van der Waals surface area contributed by atoms with Crippen LogP contribution in [0.3, 0.4) is 0 Å². The van der Waals surface area contributed by atoms with Gasteiger partial charge in [-0.1, -0.05) is 27.7 Å². The number of furan rings is 1. The summed E-state index contributed by atoms with van der Waals surface area (Å²) in [5, 5.41) is 0. The van der Waals surface area contributed by atoms with Crippen molar-refractivity contribution in [3.05, 3.63) is 23.7 Å². The van der Waals surface area contributed by atoms with Crippen LogP contribution in [0.4, 0.5) is 0 Å². The van der Waals surface area contributed by atoms with Gasteiger partial charge in [0.15, 0.2) is 0 Å². The first-order chi connectivity index (χ1) is 9.25. The maximum Gasteiger partial charge on any atom is 0.122 e. The molecule has 0 aliphatic heterocycles. The van der Waals surface area contributed by atoms with E-state index in [1.807, 2.05) is 0 Å². The molecule has 0 amide bonds. The lowest BCUT2D eigenvalue weighted by atomic mass is 9.86. The highest BCUT2D eigenvalue weighted by molar-refractivity contribution is 5.19. The van der Waals surface area contributed by atoms with Crippen molar-refractivity contribution in [2.75, 3.05) is 13.6 Å². The largest absolute Gasteiger partial charge is 0.464 e. The standard InChI is InChI=1S/C17H30N2O/c1-11-9-13(11)15-7-8-16(20-15)14(10-18)19(6)12(2)17(3,4)5/h7-8,11-14H,9-10,18H2,1-6H3. The summed E-state index contributed by atoms with van der Waals surface area (Å²) < 4.78 is 6.09. The fourth-order valence-electron chi connectivity index (χ4n) is 2.83. The zero-order valence-corrected chi connectivity index (χ0v) is 13.8. The van der Waals surface area contributed by atoms with Gasteiger partial charge in [-0.3, -0.25) is 4.90 Å². The lowest BCUT2D eigenvalue weighted by Crippen LogP contribution is -2.43. The fraction of sp³-hybridized carbons (Fsp3) is 0.765. The molecular formula is C17H30N2O. The van der Waals surface area contributed by atoms with E-state index in [1.165, 1.54) is 6.42 Å². The van der Waals surface area contributed by atoms with Crippen LogP contribution < -0.4 is 5.73 Å². The number of rotatable bonds is 5. The Kier molecular flexibility index (Phi) is 4.31. The van der Waals surface area contributed by atoms with Gasteiger partial charge in [0, 0.05) is 18.5 Å². The van der Waals surface area contributed by atoms with E-state index in [4.69, 9.17) is 10.2 Å². The van der Waals surface area contributed by atoms with Crippen molar-refractivity contribution >= 4 is 0 Å². The predicted octanol–water partition coefficient (Wildman–Crippen LogP) is 3.77. The first-order valence-corrected chi connectivity index (χ1v) is 7.77. The summed E-state index contributed by atoms with van der Waals surface area (Å²) in [7, 11) is 2.15. The molecule has 3 nitrogen and oxygen atoms in total. The molecule has 0 bridgehead atoms. The molecule has 1 aromatic rings. The van der Waals surface area contributed by atoms with E-state index in [-0.39, 0.29) is 11.5 Å². The topological polar surface area (TPSA) is 42.4 Å². The molecule has 0 spiro atoms. The first kappa shape index (κ1) is 15.6. The molecule has 0 radical (unpaired) electrons. The molecule has 114 valence electrons. The molecule has 3 heteroatoms. The first-order valence-electron chi connectivity index (χ1n) is 7.77. The summed E-state index contributed by atoms with van der Waals surface area (Å²) in [5.41, 5.74) is 6.24. The normalized spacial score (nSPS) is 25.8. The number of hydrogen-bond acceptors (Lipinski definition) is 3. The molecule has 2 rings (SSSR count). The second kappa shape index (κ2) is 5.53. The molecule has 0 saturated heterocycles. The van der Waals surface area contributed by atoms with Gasteiger partial charge in [-0.15, -0.1) is 0 Å². The van der Waals surface area contributed by atoms with Crippen molar-refractivity contribution in [3.63, 3.8) is 0 Å². The monoisotopic (exact) mass is 278 g/mol. The average Bonchev–Trinajstić information content (AvgIpc) is 2.89. The highest BCUT2D eigenvalue weighted by atomic mass is 16.3. The molecule has 1 aromatic heterocycles. The maximum absolute atomic E-state index is 6.09. The van der Waals surface area contributed by atoms with Crippen molar-refractivity contribution < 1.29 is 4.42 Å². The van der Waals surface area contributed by atoms with Crippen LogP contribution in [-0.2, 0) is 0 Å². The zero-order valence-electron chi connectivity index (χ0n) is 13.8. The van der Waals surface area contributed by atoms with Crippen molar-refractivity contribution in [3.8, 4) is 0 Å². The van der Waals surface area contributed by atoms with Gasteiger partial charge < -0.3 is 10.2 Å². The summed E-state index contributed by atoms with van der Waals surface area (Å²) in [6.45, 7) is 11.9. The second-order valence-electron chi connectivity index (χ2n) is 7.52. The van der Waals surface area contributed by atoms with Crippen molar-refractivity contribution in [1.29, 1.82) is 0 Å². The Morgan fingerprint density at radius 2 is 2.00 bits per heavy atom. The van der Waals surface area contributed by atoms with Crippen LogP contribution in [0.5, 0.6) is 0 Å². The van der Waals surface area contributed by atoms with Gasteiger partial charge in [0.1, 0.15) is 11.5 Å². The predicted molar refractivity (Wildman–Crippen MR) is 83.7 cm³/mol. The Bertz CT molecular complexity index is 446. The van der Waals surface area contributed by atoms with Crippen LogP contribution in [-0.4, -0.2) is 24.5 Å². The van der Waals surface area contributed by atoms with Crippen molar-refractivity contribution in [2.24, 2.45) is 17.1 Å². The van der Waals surface area contributed by atoms with Gasteiger partial charge in [0.2, 0.25) is 0 Å². The maximum atomic E-state index is 6.09.